The van der Waals surface area contributed by atoms with Gasteiger partial charge in [0, 0.05) is 10.8 Å². The van der Waals surface area contributed by atoms with Crippen LogP contribution in [0.3, 0.4) is 0 Å². The van der Waals surface area contributed by atoms with Crippen molar-refractivity contribution in [1.82, 2.24) is 4.98 Å². The van der Waals surface area contributed by atoms with Crippen molar-refractivity contribution in [3.63, 3.8) is 0 Å². The van der Waals surface area contributed by atoms with Crippen LogP contribution in [0.2, 0.25) is 0 Å². The molecular weight excluding hydrogens is 320 g/mol. The third-order valence-electron chi connectivity index (χ3n) is 4.00. The predicted octanol–water partition coefficient (Wildman–Crippen LogP) is 5.28. The zero-order valence-electron chi connectivity index (χ0n) is 12.8. The summed E-state index contributed by atoms with van der Waals surface area (Å²) < 4.78 is 0. The third-order valence-corrected chi connectivity index (χ3v) is 4.00. The molecule has 1 aromatic heterocycles. The van der Waals surface area contributed by atoms with Crippen LogP contribution < -0.4 is 0 Å². The lowest BCUT2D eigenvalue weighted by Crippen LogP contribution is -1.93. The molecule has 0 aliphatic carbocycles. The Kier molecular flexibility index (Phi) is 4.45. The number of aromatic nitrogens is 1. The van der Waals surface area contributed by atoms with E-state index in [9.17, 15) is 0 Å². The second kappa shape index (κ2) is 6.69. The number of nitrogens with zero attached hydrogens (tertiary/aromatic N) is 2. The van der Waals surface area contributed by atoms with E-state index in [1.165, 1.54) is 6.21 Å². The second-order valence-electron chi connectivity index (χ2n) is 5.39. The van der Waals surface area contributed by atoms with Crippen LogP contribution in [0.1, 0.15) is 5.69 Å². The summed E-state index contributed by atoms with van der Waals surface area (Å²) in [5.41, 5.74) is 3.74. The Labute approximate surface area is 145 Å². The number of rotatable bonds is 2. The first-order chi connectivity index (χ1) is 11.4. The van der Waals surface area contributed by atoms with Crippen molar-refractivity contribution in [2.24, 2.45) is 5.16 Å². The van der Waals surface area contributed by atoms with Gasteiger partial charge >= 0.3 is 0 Å². The molecule has 1 heterocycles. The standard InChI is InChI=1S/C20H14N2O.ClH/c23-21-13-16-12-19(14-6-2-1-3-7-14)18-11-10-15-8-4-5-9-17(15)20(18)22-16;/h1-13,23H;1H/b21-13+;. The van der Waals surface area contributed by atoms with E-state index in [-0.39, 0.29) is 12.4 Å². The molecule has 0 saturated carbocycles. The number of pyridine rings is 1. The van der Waals surface area contributed by atoms with E-state index in [1.54, 1.807) is 0 Å². The van der Waals surface area contributed by atoms with Gasteiger partial charge in [-0.2, -0.15) is 0 Å². The topological polar surface area (TPSA) is 45.5 Å². The molecule has 24 heavy (non-hydrogen) atoms. The van der Waals surface area contributed by atoms with E-state index in [2.05, 4.69) is 46.5 Å². The molecule has 118 valence electrons. The lowest BCUT2D eigenvalue weighted by molar-refractivity contribution is 0.321. The first-order valence-corrected chi connectivity index (χ1v) is 7.42. The van der Waals surface area contributed by atoms with Crippen LogP contribution >= 0.6 is 12.4 Å². The van der Waals surface area contributed by atoms with E-state index in [1.807, 2.05) is 36.4 Å². The van der Waals surface area contributed by atoms with E-state index < -0.39 is 0 Å². The van der Waals surface area contributed by atoms with Crippen LogP contribution in [0.15, 0.2) is 78.0 Å². The molecule has 0 unspecified atom stereocenters. The van der Waals surface area contributed by atoms with Gasteiger partial charge in [0.1, 0.15) is 0 Å². The summed E-state index contributed by atoms with van der Waals surface area (Å²) in [6.07, 6.45) is 1.37. The molecule has 0 spiro atoms. The third kappa shape index (κ3) is 2.70. The minimum Gasteiger partial charge on any atom is -0.411 e. The van der Waals surface area contributed by atoms with Gasteiger partial charge in [0.05, 0.1) is 17.4 Å². The monoisotopic (exact) mass is 334 g/mol. The Balaban J connectivity index is 0.00000169. The summed E-state index contributed by atoms with van der Waals surface area (Å²) in [5, 5.41) is 15.4. The fourth-order valence-corrected chi connectivity index (χ4v) is 2.96. The van der Waals surface area contributed by atoms with Crippen LogP contribution in [0.4, 0.5) is 0 Å². The van der Waals surface area contributed by atoms with Crippen LogP contribution in [-0.2, 0) is 0 Å². The summed E-state index contributed by atoms with van der Waals surface area (Å²) in [7, 11) is 0. The number of fused-ring (bicyclic) bond motifs is 3. The number of oxime groups is 1. The minimum atomic E-state index is 0. The highest BCUT2D eigenvalue weighted by Gasteiger charge is 2.10. The molecule has 0 aliphatic heterocycles. The van der Waals surface area contributed by atoms with Gasteiger partial charge < -0.3 is 5.21 Å². The quantitative estimate of drug-likeness (QED) is 0.234. The zero-order valence-corrected chi connectivity index (χ0v) is 13.6. The molecule has 0 saturated heterocycles. The van der Waals surface area contributed by atoms with Crippen molar-refractivity contribution < 1.29 is 5.21 Å². The molecule has 1 N–H and O–H groups in total. The summed E-state index contributed by atoms with van der Waals surface area (Å²) >= 11 is 0. The fraction of sp³-hybridized carbons (Fsp3) is 0. The summed E-state index contributed by atoms with van der Waals surface area (Å²) in [6, 6.07) is 24.5. The van der Waals surface area contributed by atoms with E-state index in [0.29, 0.717) is 5.69 Å². The first kappa shape index (κ1) is 16.0. The SMILES string of the molecule is Cl.O/N=C/c1cc(-c2ccccc2)c2ccc3ccccc3c2n1. The number of benzene rings is 3. The average molecular weight is 335 g/mol. The Hall–Kier alpha value is -2.91. The Morgan fingerprint density at radius 1 is 0.833 bits per heavy atom. The van der Waals surface area contributed by atoms with Crippen molar-refractivity contribution >= 4 is 40.3 Å². The molecular formula is C20H15ClN2O. The molecule has 4 heteroatoms. The normalized spacial score (nSPS) is 11.0. The molecule has 4 aromatic rings. The van der Waals surface area contributed by atoms with E-state index >= 15 is 0 Å². The summed E-state index contributed by atoms with van der Waals surface area (Å²) in [5.74, 6) is 0. The smallest absolute Gasteiger partial charge is 0.0918 e. The Morgan fingerprint density at radius 2 is 1.58 bits per heavy atom. The van der Waals surface area contributed by atoms with Gasteiger partial charge in [0.25, 0.3) is 0 Å². The van der Waals surface area contributed by atoms with Gasteiger partial charge in [-0.3, -0.25) is 0 Å². The zero-order chi connectivity index (χ0) is 15.6. The fourth-order valence-electron chi connectivity index (χ4n) is 2.96. The van der Waals surface area contributed by atoms with Crippen molar-refractivity contribution in [3.05, 3.63) is 78.5 Å². The highest BCUT2D eigenvalue weighted by Crippen LogP contribution is 2.32. The molecule has 0 fully saturated rings. The van der Waals surface area contributed by atoms with Gasteiger partial charge in [0.15, 0.2) is 0 Å². The Bertz CT molecular complexity index is 1030. The lowest BCUT2D eigenvalue weighted by atomic mass is 9.97. The Morgan fingerprint density at radius 3 is 2.38 bits per heavy atom. The van der Waals surface area contributed by atoms with Crippen molar-refractivity contribution in [3.8, 4) is 11.1 Å². The maximum Gasteiger partial charge on any atom is 0.0918 e. The number of hydrogen-bond donors (Lipinski definition) is 1. The molecule has 3 nitrogen and oxygen atoms in total. The number of halogens is 1. The summed E-state index contributed by atoms with van der Waals surface area (Å²) in [6.45, 7) is 0. The number of hydrogen-bond acceptors (Lipinski definition) is 3. The first-order valence-electron chi connectivity index (χ1n) is 7.42. The predicted molar refractivity (Wildman–Crippen MR) is 101 cm³/mol. The maximum absolute atomic E-state index is 8.90. The van der Waals surface area contributed by atoms with Crippen molar-refractivity contribution in [1.29, 1.82) is 0 Å². The van der Waals surface area contributed by atoms with E-state index in [4.69, 9.17) is 5.21 Å². The molecule has 0 aliphatic rings. The molecule has 0 bridgehead atoms. The molecule has 4 rings (SSSR count). The van der Waals surface area contributed by atoms with Crippen LogP contribution in [0.25, 0.3) is 32.8 Å². The van der Waals surface area contributed by atoms with Gasteiger partial charge in [-0.1, -0.05) is 71.9 Å². The van der Waals surface area contributed by atoms with Gasteiger partial charge in [-0.05, 0) is 22.6 Å². The second-order valence-corrected chi connectivity index (χ2v) is 5.39. The van der Waals surface area contributed by atoms with E-state index in [0.717, 1.165) is 32.8 Å². The molecule has 0 atom stereocenters. The highest BCUT2D eigenvalue weighted by molar-refractivity contribution is 6.10. The van der Waals surface area contributed by atoms with Crippen molar-refractivity contribution in [2.75, 3.05) is 0 Å². The molecule has 3 aromatic carbocycles. The molecule has 0 radical (unpaired) electrons. The van der Waals surface area contributed by atoms with Crippen LogP contribution in [-0.4, -0.2) is 16.4 Å². The van der Waals surface area contributed by atoms with Gasteiger partial charge in [-0.15, -0.1) is 12.4 Å². The van der Waals surface area contributed by atoms with Crippen LogP contribution in [0, 0.1) is 0 Å². The van der Waals surface area contributed by atoms with Gasteiger partial charge in [-0.25, -0.2) is 4.98 Å². The molecule has 0 amide bonds. The average Bonchev–Trinajstić information content (AvgIpc) is 2.62. The minimum absolute atomic E-state index is 0. The van der Waals surface area contributed by atoms with Crippen LogP contribution in [0.5, 0.6) is 0 Å². The van der Waals surface area contributed by atoms with Gasteiger partial charge in [0.2, 0.25) is 0 Å². The summed E-state index contributed by atoms with van der Waals surface area (Å²) in [4.78, 5) is 4.67. The lowest BCUT2D eigenvalue weighted by Gasteiger charge is -2.10. The maximum atomic E-state index is 8.90. The highest BCUT2D eigenvalue weighted by atomic mass is 35.5. The van der Waals surface area contributed by atoms with Crippen molar-refractivity contribution in [2.45, 2.75) is 0 Å². The largest absolute Gasteiger partial charge is 0.411 e.